The lowest BCUT2D eigenvalue weighted by Crippen LogP contribution is -2.24. The maximum Gasteiger partial charge on any atom is 0.435 e. The fraction of sp³-hybridized carbons (Fsp3) is 0.267. The number of H-pyrrole nitrogens is 1. The van der Waals surface area contributed by atoms with Crippen molar-refractivity contribution < 1.29 is 23.0 Å². The van der Waals surface area contributed by atoms with Crippen LogP contribution in [0.2, 0.25) is 0 Å². The molecule has 0 unspecified atom stereocenters. The number of rotatable bonds is 5. The molecular formula is C15H14F3N3O2. The quantitative estimate of drug-likeness (QED) is 0.758. The molecule has 23 heavy (non-hydrogen) atoms. The molecule has 2 N–H and O–H groups in total. The van der Waals surface area contributed by atoms with E-state index in [1.165, 1.54) is 6.20 Å². The number of aromatic nitrogens is 3. The summed E-state index contributed by atoms with van der Waals surface area (Å²) in [6.45, 7) is -0.134. The van der Waals surface area contributed by atoms with Crippen LogP contribution in [0.3, 0.4) is 0 Å². The van der Waals surface area contributed by atoms with Crippen LogP contribution < -0.4 is 4.74 Å². The normalized spacial score (nSPS) is 13.4. The molecule has 0 saturated carbocycles. The zero-order chi connectivity index (χ0) is 16.4. The SMILES string of the molecule is O[C@@H](COc1cccc2[nH]ccc12)Cn1ccc(C(F)(F)F)n1. The number of alkyl halides is 3. The van der Waals surface area contributed by atoms with E-state index in [0.29, 0.717) is 5.75 Å². The van der Waals surface area contributed by atoms with Crippen molar-refractivity contribution >= 4 is 10.9 Å². The average Bonchev–Trinajstić information content (AvgIpc) is 3.13. The van der Waals surface area contributed by atoms with E-state index in [0.717, 1.165) is 21.7 Å². The summed E-state index contributed by atoms with van der Waals surface area (Å²) in [6.07, 6.45) is -2.52. The maximum atomic E-state index is 12.5. The number of halogens is 3. The minimum absolute atomic E-state index is 0.0501. The Balaban J connectivity index is 1.60. The minimum Gasteiger partial charge on any atom is -0.490 e. The van der Waals surface area contributed by atoms with Crippen molar-refractivity contribution in [2.75, 3.05) is 6.61 Å². The highest BCUT2D eigenvalue weighted by atomic mass is 19.4. The van der Waals surface area contributed by atoms with Crippen LogP contribution >= 0.6 is 0 Å². The number of hydrogen-bond donors (Lipinski definition) is 2. The molecule has 3 rings (SSSR count). The Morgan fingerprint density at radius 2 is 2.09 bits per heavy atom. The van der Waals surface area contributed by atoms with Crippen molar-refractivity contribution in [1.29, 1.82) is 0 Å². The molecule has 0 aliphatic heterocycles. The van der Waals surface area contributed by atoms with Crippen molar-refractivity contribution in [1.82, 2.24) is 14.8 Å². The number of hydrogen-bond acceptors (Lipinski definition) is 3. The van der Waals surface area contributed by atoms with Crippen molar-refractivity contribution in [3.05, 3.63) is 48.4 Å². The summed E-state index contributed by atoms with van der Waals surface area (Å²) in [7, 11) is 0. The smallest absolute Gasteiger partial charge is 0.435 e. The molecule has 0 spiro atoms. The Morgan fingerprint density at radius 3 is 2.83 bits per heavy atom. The zero-order valence-corrected chi connectivity index (χ0v) is 11.9. The Morgan fingerprint density at radius 1 is 1.26 bits per heavy atom. The van der Waals surface area contributed by atoms with Crippen molar-refractivity contribution in [2.45, 2.75) is 18.8 Å². The first kappa shape index (κ1) is 15.4. The lowest BCUT2D eigenvalue weighted by molar-refractivity contribution is -0.141. The molecule has 0 bridgehead atoms. The van der Waals surface area contributed by atoms with E-state index in [-0.39, 0.29) is 13.2 Å². The van der Waals surface area contributed by atoms with Gasteiger partial charge in [-0.1, -0.05) is 6.07 Å². The third-order valence-corrected chi connectivity index (χ3v) is 3.32. The fourth-order valence-corrected chi connectivity index (χ4v) is 2.25. The first-order valence-corrected chi connectivity index (χ1v) is 6.91. The van der Waals surface area contributed by atoms with Gasteiger partial charge in [-0.05, 0) is 24.3 Å². The van der Waals surface area contributed by atoms with Gasteiger partial charge in [0.1, 0.15) is 18.5 Å². The van der Waals surface area contributed by atoms with Gasteiger partial charge in [0.05, 0.1) is 6.54 Å². The predicted molar refractivity (Wildman–Crippen MR) is 77.0 cm³/mol. The van der Waals surface area contributed by atoms with E-state index in [9.17, 15) is 18.3 Å². The van der Waals surface area contributed by atoms with Crippen LogP contribution in [0.1, 0.15) is 5.69 Å². The molecule has 0 aliphatic carbocycles. The lowest BCUT2D eigenvalue weighted by Gasteiger charge is -2.13. The monoisotopic (exact) mass is 325 g/mol. The largest absolute Gasteiger partial charge is 0.490 e. The van der Waals surface area contributed by atoms with E-state index in [1.807, 2.05) is 18.2 Å². The van der Waals surface area contributed by atoms with Gasteiger partial charge in [-0.2, -0.15) is 18.3 Å². The highest BCUT2D eigenvalue weighted by Crippen LogP contribution is 2.27. The second-order valence-corrected chi connectivity index (χ2v) is 5.08. The molecule has 5 nitrogen and oxygen atoms in total. The number of fused-ring (bicyclic) bond motifs is 1. The van der Waals surface area contributed by atoms with Gasteiger partial charge >= 0.3 is 6.18 Å². The molecule has 3 aromatic rings. The lowest BCUT2D eigenvalue weighted by atomic mass is 10.2. The Kier molecular flexibility index (Phi) is 3.99. The number of aromatic amines is 1. The van der Waals surface area contributed by atoms with E-state index >= 15 is 0 Å². The summed E-state index contributed by atoms with van der Waals surface area (Å²) < 4.78 is 44.0. The summed E-state index contributed by atoms with van der Waals surface area (Å²) in [6, 6.07) is 8.18. The molecular weight excluding hydrogens is 311 g/mol. The zero-order valence-electron chi connectivity index (χ0n) is 11.9. The maximum absolute atomic E-state index is 12.5. The summed E-state index contributed by atoms with van der Waals surface area (Å²) in [5, 5.41) is 14.2. The number of nitrogens with one attached hydrogen (secondary N) is 1. The second kappa shape index (κ2) is 5.96. The van der Waals surface area contributed by atoms with Crippen LogP contribution in [0.4, 0.5) is 13.2 Å². The van der Waals surface area contributed by atoms with Gasteiger partial charge in [-0.25, -0.2) is 0 Å². The van der Waals surface area contributed by atoms with Gasteiger partial charge in [0.25, 0.3) is 0 Å². The Labute approximate surface area is 129 Å². The number of aliphatic hydroxyl groups excluding tert-OH is 1. The second-order valence-electron chi connectivity index (χ2n) is 5.08. The molecule has 0 radical (unpaired) electrons. The fourth-order valence-electron chi connectivity index (χ4n) is 2.25. The number of nitrogens with zero attached hydrogens (tertiary/aromatic N) is 2. The molecule has 2 heterocycles. The topological polar surface area (TPSA) is 63.1 Å². The molecule has 0 saturated heterocycles. The highest BCUT2D eigenvalue weighted by Gasteiger charge is 2.33. The molecule has 0 fully saturated rings. The van der Waals surface area contributed by atoms with Crippen LogP contribution in [0.5, 0.6) is 5.75 Å². The molecule has 1 aromatic carbocycles. The third-order valence-electron chi connectivity index (χ3n) is 3.32. The molecule has 8 heteroatoms. The predicted octanol–water partition coefficient (Wildman–Crippen LogP) is 2.82. The summed E-state index contributed by atoms with van der Waals surface area (Å²) in [4.78, 5) is 3.04. The van der Waals surface area contributed by atoms with Crippen LogP contribution in [0, 0.1) is 0 Å². The number of benzene rings is 1. The van der Waals surface area contributed by atoms with Crippen molar-refractivity contribution in [2.24, 2.45) is 0 Å². The van der Waals surface area contributed by atoms with E-state index in [1.54, 1.807) is 12.3 Å². The molecule has 1 atom stereocenters. The average molecular weight is 325 g/mol. The van der Waals surface area contributed by atoms with E-state index in [2.05, 4.69) is 10.1 Å². The standard InChI is InChI=1S/C15H14F3N3O2/c16-15(17,18)14-5-7-21(20-14)8-10(22)9-23-13-3-1-2-12-11(13)4-6-19-12/h1-7,10,19,22H,8-9H2/t10-/m1/s1. The summed E-state index contributed by atoms with van der Waals surface area (Å²) in [5.41, 5.74) is -0.0819. The Hall–Kier alpha value is -2.48. The van der Waals surface area contributed by atoms with Crippen molar-refractivity contribution in [3.63, 3.8) is 0 Å². The number of aliphatic hydroxyl groups is 1. The Bertz CT molecular complexity index is 794. The van der Waals surface area contributed by atoms with Gasteiger partial charge in [0.15, 0.2) is 5.69 Å². The van der Waals surface area contributed by atoms with Crippen LogP contribution in [0.15, 0.2) is 42.7 Å². The van der Waals surface area contributed by atoms with Gasteiger partial charge in [0.2, 0.25) is 0 Å². The third kappa shape index (κ3) is 3.48. The molecule has 0 aliphatic rings. The molecule has 2 aromatic heterocycles. The van der Waals surface area contributed by atoms with Crippen molar-refractivity contribution in [3.8, 4) is 5.75 Å². The minimum atomic E-state index is -4.49. The van der Waals surface area contributed by atoms with Gasteiger partial charge < -0.3 is 14.8 Å². The first-order chi connectivity index (χ1) is 10.9. The van der Waals surface area contributed by atoms with Crippen LogP contribution in [0.25, 0.3) is 10.9 Å². The van der Waals surface area contributed by atoms with Gasteiger partial charge in [0, 0.05) is 23.3 Å². The van der Waals surface area contributed by atoms with Crippen LogP contribution in [-0.2, 0) is 12.7 Å². The highest BCUT2D eigenvalue weighted by molar-refractivity contribution is 5.85. The van der Waals surface area contributed by atoms with Gasteiger partial charge in [-0.3, -0.25) is 4.68 Å². The summed E-state index contributed by atoms with van der Waals surface area (Å²) in [5.74, 6) is 0.597. The molecule has 0 amide bonds. The van der Waals surface area contributed by atoms with Gasteiger partial charge in [-0.15, -0.1) is 0 Å². The van der Waals surface area contributed by atoms with E-state index in [4.69, 9.17) is 4.74 Å². The van der Waals surface area contributed by atoms with Crippen LogP contribution in [-0.4, -0.2) is 32.6 Å². The van der Waals surface area contributed by atoms with E-state index < -0.39 is 18.0 Å². The molecule has 122 valence electrons. The first-order valence-electron chi connectivity index (χ1n) is 6.91. The number of ether oxygens (including phenoxy) is 1. The summed E-state index contributed by atoms with van der Waals surface area (Å²) >= 11 is 0.